The number of halogens is 2. The van der Waals surface area contributed by atoms with Crippen molar-refractivity contribution in [2.75, 3.05) is 5.73 Å². The minimum absolute atomic E-state index is 0.188. The van der Waals surface area contributed by atoms with Crippen LogP contribution < -0.4 is 5.73 Å². The fourth-order valence-corrected chi connectivity index (χ4v) is 2.71. The zero-order valence-electron chi connectivity index (χ0n) is 9.02. The molecular weight excluding hydrogens is 256 g/mol. The number of thiazole rings is 1. The second-order valence-electron chi connectivity index (χ2n) is 3.69. The van der Waals surface area contributed by atoms with Crippen LogP contribution in [0.5, 0.6) is 0 Å². The molecule has 0 saturated carbocycles. The summed E-state index contributed by atoms with van der Waals surface area (Å²) in [6.07, 6.45) is 2.58. The van der Waals surface area contributed by atoms with Gasteiger partial charge in [0.25, 0.3) is 0 Å². The number of fused-ring (bicyclic) bond motifs is 1. The van der Waals surface area contributed by atoms with E-state index in [4.69, 9.17) is 5.73 Å². The van der Waals surface area contributed by atoms with E-state index in [-0.39, 0.29) is 16.8 Å². The maximum Gasteiger partial charge on any atom is 0.168 e. The summed E-state index contributed by atoms with van der Waals surface area (Å²) in [4.78, 5) is 7.82. The van der Waals surface area contributed by atoms with E-state index in [9.17, 15) is 8.78 Å². The molecule has 3 nitrogen and oxygen atoms in total. The lowest BCUT2D eigenvalue weighted by Crippen LogP contribution is -1.92. The van der Waals surface area contributed by atoms with E-state index >= 15 is 0 Å². The van der Waals surface area contributed by atoms with Crippen LogP contribution in [0.4, 0.5) is 14.5 Å². The van der Waals surface area contributed by atoms with Crippen LogP contribution in [0, 0.1) is 11.6 Å². The molecule has 0 spiro atoms. The first-order valence-corrected chi connectivity index (χ1v) is 5.93. The van der Waals surface area contributed by atoms with Crippen molar-refractivity contribution in [3.8, 4) is 10.6 Å². The fraction of sp³-hybridized carbons (Fsp3) is 0. The van der Waals surface area contributed by atoms with Gasteiger partial charge in [-0.15, -0.1) is 11.3 Å². The lowest BCUT2D eigenvalue weighted by Gasteiger charge is -2.02. The quantitative estimate of drug-likeness (QED) is 0.686. The molecular formula is C12H7F2N3S. The van der Waals surface area contributed by atoms with Gasteiger partial charge in [-0.2, -0.15) is 0 Å². The summed E-state index contributed by atoms with van der Waals surface area (Å²) >= 11 is 1.16. The van der Waals surface area contributed by atoms with E-state index in [2.05, 4.69) is 9.97 Å². The van der Waals surface area contributed by atoms with Gasteiger partial charge in [-0.05, 0) is 12.1 Å². The number of pyridine rings is 1. The highest BCUT2D eigenvalue weighted by Gasteiger charge is 2.15. The molecule has 2 heterocycles. The summed E-state index contributed by atoms with van der Waals surface area (Å²) in [5, 5.41) is 0.354. The monoisotopic (exact) mass is 263 g/mol. The van der Waals surface area contributed by atoms with Crippen LogP contribution in [0.2, 0.25) is 0 Å². The van der Waals surface area contributed by atoms with E-state index in [1.54, 1.807) is 6.07 Å². The van der Waals surface area contributed by atoms with Crippen molar-refractivity contribution in [2.24, 2.45) is 0 Å². The molecule has 1 aromatic carbocycles. The van der Waals surface area contributed by atoms with Crippen molar-refractivity contribution >= 4 is 27.2 Å². The third-order valence-electron chi connectivity index (χ3n) is 2.52. The van der Waals surface area contributed by atoms with Crippen LogP contribution in [0.25, 0.3) is 20.8 Å². The lowest BCUT2D eigenvalue weighted by atomic mass is 10.2. The van der Waals surface area contributed by atoms with Crippen molar-refractivity contribution in [3.63, 3.8) is 0 Å². The Balaban J connectivity index is 2.30. The maximum atomic E-state index is 13.7. The number of anilines is 1. The second kappa shape index (κ2) is 3.99. The molecule has 2 N–H and O–H groups in total. The zero-order valence-corrected chi connectivity index (χ0v) is 9.84. The minimum Gasteiger partial charge on any atom is -0.398 e. The van der Waals surface area contributed by atoms with Gasteiger partial charge in [-0.25, -0.2) is 13.8 Å². The molecule has 3 aromatic rings. The number of nitrogens with zero attached hydrogens (tertiary/aromatic N) is 2. The van der Waals surface area contributed by atoms with Crippen molar-refractivity contribution in [2.45, 2.75) is 0 Å². The van der Waals surface area contributed by atoms with Gasteiger partial charge < -0.3 is 5.73 Å². The summed E-state index contributed by atoms with van der Waals surface area (Å²) in [5.74, 6) is -0.993. The molecule has 0 unspecified atom stereocenters. The number of aromatic nitrogens is 2. The molecule has 0 radical (unpaired) electrons. The van der Waals surface area contributed by atoms with Crippen molar-refractivity contribution < 1.29 is 8.78 Å². The molecule has 6 heteroatoms. The first-order chi connectivity index (χ1) is 8.66. The van der Waals surface area contributed by atoms with E-state index in [0.29, 0.717) is 9.71 Å². The zero-order chi connectivity index (χ0) is 12.7. The Morgan fingerprint density at radius 3 is 2.67 bits per heavy atom. The molecule has 0 aliphatic carbocycles. The number of rotatable bonds is 1. The van der Waals surface area contributed by atoms with Gasteiger partial charge in [0.15, 0.2) is 5.82 Å². The van der Waals surface area contributed by atoms with Gasteiger partial charge in [0.05, 0.1) is 16.5 Å². The lowest BCUT2D eigenvalue weighted by molar-refractivity contribution is 0.629. The van der Waals surface area contributed by atoms with Gasteiger partial charge in [0, 0.05) is 11.9 Å². The number of benzene rings is 1. The summed E-state index contributed by atoms with van der Waals surface area (Å²) in [5.41, 5.74) is 6.40. The van der Waals surface area contributed by atoms with Gasteiger partial charge in [-0.1, -0.05) is 6.07 Å². The molecule has 90 valence electrons. The molecule has 2 aromatic heterocycles. The average molecular weight is 263 g/mol. The maximum absolute atomic E-state index is 13.7. The fourth-order valence-electron chi connectivity index (χ4n) is 1.70. The van der Waals surface area contributed by atoms with Crippen LogP contribution in [0.1, 0.15) is 0 Å². The first kappa shape index (κ1) is 11.0. The molecule has 0 fully saturated rings. The van der Waals surface area contributed by atoms with E-state index in [1.807, 2.05) is 0 Å². The highest BCUT2D eigenvalue weighted by molar-refractivity contribution is 7.21. The molecule has 0 aliphatic heterocycles. The third-order valence-corrected chi connectivity index (χ3v) is 3.53. The smallest absolute Gasteiger partial charge is 0.168 e. The van der Waals surface area contributed by atoms with E-state index < -0.39 is 11.6 Å². The number of hydrogen-bond donors (Lipinski definition) is 1. The summed E-state index contributed by atoms with van der Waals surface area (Å²) in [6.45, 7) is 0. The Morgan fingerprint density at radius 2 is 1.94 bits per heavy atom. The van der Waals surface area contributed by atoms with Crippen molar-refractivity contribution in [3.05, 3.63) is 42.2 Å². The van der Waals surface area contributed by atoms with Crippen LogP contribution in [0.3, 0.4) is 0 Å². The Kier molecular flexibility index (Phi) is 2.45. The van der Waals surface area contributed by atoms with Gasteiger partial charge in [0.2, 0.25) is 0 Å². The Labute approximate surface area is 105 Å². The molecule has 3 rings (SSSR count). The van der Waals surface area contributed by atoms with Crippen molar-refractivity contribution in [1.82, 2.24) is 9.97 Å². The van der Waals surface area contributed by atoms with Crippen LogP contribution in [-0.2, 0) is 0 Å². The number of nitrogen functional groups attached to an aromatic ring is 1. The number of hydrogen-bond acceptors (Lipinski definition) is 4. The molecule has 0 amide bonds. The summed E-state index contributed by atoms with van der Waals surface area (Å²) in [7, 11) is 0. The van der Waals surface area contributed by atoms with E-state index in [1.165, 1.54) is 18.3 Å². The summed E-state index contributed by atoms with van der Waals surface area (Å²) in [6, 6.07) is 4.40. The standard InChI is InChI=1S/C12H7F2N3S/c13-6-2-1-3-8(15)10(6)12-17-11-7(14)4-16-5-9(11)18-12/h1-5H,15H2. The number of nitrogens with two attached hydrogens (primary N) is 1. The Morgan fingerprint density at radius 1 is 1.11 bits per heavy atom. The SMILES string of the molecule is Nc1cccc(F)c1-c1nc2c(F)cncc2s1. The largest absolute Gasteiger partial charge is 0.398 e. The van der Waals surface area contributed by atoms with Crippen LogP contribution >= 0.6 is 11.3 Å². The van der Waals surface area contributed by atoms with Gasteiger partial charge >= 0.3 is 0 Å². The van der Waals surface area contributed by atoms with Crippen LogP contribution in [0.15, 0.2) is 30.6 Å². The van der Waals surface area contributed by atoms with Gasteiger partial charge in [-0.3, -0.25) is 4.98 Å². The molecule has 0 bridgehead atoms. The Hall–Kier alpha value is -2.08. The summed E-state index contributed by atoms with van der Waals surface area (Å²) < 4.78 is 27.8. The van der Waals surface area contributed by atoms with Crippen molar-refractivity contribution in [1.29, 1.82) is 0 Å². The topological polar surface area (TPSA) is 51.8 Å². The second-order valence-corrected chi connectivity index (χ2v) is 4.72. The third kappa shape index (κ3) is 1.62. The average Bonchev–Trinajstić information content (AvgIpc) is 2.74. The highest BCUT2D eigenvalue weighted by atomic mass is 32.1. The predicted octanol–water partition coefficient (Wildman–Crippen LogP) is 3.22. The van der Waals surface area contributed by atoms with Gasteiger partial charge in [0.1, 0.15) is 16.3 Å². The first-order valence-electron chi connectivity index (χ1n) is 5.11. The van der Waals surface area contributed by atoms with Crippen LogP contribution in [-0.4, -0.2) is 9.97 Å². The minimum atomic E-state index is -0.523. The highest BCUT2D eigenvalue weighted by Crippen LogP contribution is 2.35. The normalized spacial score (nSPS) is 11.0. The van der Waals surface area contributed by atoms with E-state index in [0.717, 1.165) is 17.5 Å². The molecule has 18 heavy (non-hydrogen) atoms. The predicted molar refractivity (Wildman–Crippen MR) is 67.2 cm³/mol. The molecule has 0 atom stereocenters. The molecule has 0 aliphatic rings. The Bertz CT molecular complexity index is 719. The molecule has 0 saturated heterocycles.